The summed E-state index contributed by atoms with van der Waals surface area (Å²) in [6, 6.07) is 7.03. The maximum atomic E-state index is 8.34. The zero-order chi connectivity index (χ0) is 9.68. The summed E-state index contributed by atoms with van der Waals surface area (Å²) in [6.45, 7) is 0. The number of benzene rings is 1. The van der Waals surface area contributed by atoms with Crippen LogP contribution in [0, 0.1) is 0 Å². The van der Waals surface area contributed by atoms with Crippen LogP contribution in [0.2, 0.25) is 5.02 Å². The first-order chi connectivity index (χ1) is 6.18. The molecule has 13 heavy (non-hydrogen) atoms. The Hall–Kier alpha value is -0.965. The standard InChI is InChI=1S/C8H8BClO3/c10-8-3-1-7(2-4-8)5-6-13-9(11)12/h1-6,11-12H/b6-5+. The zero-order valence-corrected chi connectivity index (χ0v) is 7.48. The largest absolute Gasteiger partial charge is 0.707 e. The summed E-state index contributed by atoms with van der Waals surface area (Å²) in [5.41, 5.74) is 0.866. The van der Waals surface area contributed by atoms with Crippen molar-refractivity contribution in [1.82, 2.24) is 0 Å². The molecule has 0 unspecified atom stereocenters. The van der Waals surface area contributed by atoms with E-state index in [1.54, 1.807) is 30.3 Å². The fourth-order valence-corrected chi connectivity index (χ4v) is 0.888. The van der Waals surface area contributed by atoms with Gasteiger partial charge in [-0.15, -0.1) is 0 Å². The SMILES string of the molecule is OB(O)O/C=C/c1ccc(Cl)cc1. The quantitative estimate of drug-likeness (QED) is 0.568. The molecule has 0 aliphatic rings. The van der Waals surface area contributed by atoms with Crippen LogP contribution in [0.15, 0.2) is 30.5 Å². The molecule has 1 aromatic carbocycles. The lowest BCUT2D eigenvalue weighted by atomic mass is 10.2. The molecule has 3 nitrogen and oxygen atoms in total. The second kappa shape index (κ2) is 4.92. The Morgan fingerprint density at radius 3 is 2.38 bits per heavy atom. The van der Waals surface area contributed by atoms with Gasteiger partial charge in [0.2, 0.25) is 0 Å². The summed E-state index contributed by atoms with van der Waals surface area (Å²) < 4.78 is 4.37. The van der Waals surface area contributed by atoms with Gasteiger partial charge in [0.1, 0.15) is 0 Å². The molecule has 0 aliphatic heterocycles. The third-order valence-corrected chi connectivity index (χ3v) is 1.58. The van der Waals surface area contributed by atoms with Crippen molar-refractivity contribution in [3.63, 3.8) is 0 Å². The Bertz CT molecular complexity index is 284. The first-order valence-corrected chi connectivity index (χ1v) is 4.00. The van der Waals surface area contributed by atoms with Crippen LogP contribution < -0.4 is 0 Å². The minimum atomic E-state index is -1.77. The molecule has 5 heteroatoms. The van der Waals surface area contributed by atoms with Gasteiger partial charge in [-0.1, -0.05) is 23.7 Å². The highest BCUT2D eigenvalue weighted by Crippen LogP contribution is 2.10. The molecule has 0 bridgehead atoms. The van der Waals surface area contributed by atoms with E-state index >= 15 is 0 Å². The highest BCUT2D eigenvalue weighted by Gasteiger charge is 2.05. The van der Waals surface area contributed by atoms with Gasteiger partial charge < -0.3 is 14.7 Å². The molecule has 68 valence electrons. The van der Waals surface area contributed by atoms with Gasteiger partial charge in [-0.2, -0.15) is 0 Å². The molecular formula is C8H8BClO3. The maximum absolute atomic E-state index is 8.34. The van der Waals surface area contributed by atoms with E-state index in [1.807, 2.05) is 0 Å². The monoisotopic (exact) mass is 198 g/mol. The van der Waals surface area contributed by atoms with Gasteiger partial charge in [-0.25, -0.2) is 0 Å². The van der Waals surface area contributed by atoms with Crippen molar-refractivity contribution in [2.24, 2.45) is 0 Å². The second-order valence-electron chi connectivity index (χ2n) is 2.32. The third-order valence-electron chi connectivity index (χ3n) is 1.33. The molecule has 1 rings (SSSR count). The predicted octanol–water partition coefficient (Wildman–Crippen LogP) is 1.30. The topological polar surface area (TPSA) is 49.7 Å². The Balaban J connectivity index is 2.54. The van der Waals surface area contributed by atoms with E-state index in [1.165, 1.54) is 6.26 Å². The smallest absolute Gasteiger partial charge is 0.518 e. The average Bonchev–Trinajstić information content (AvgIpc) is 2.08. The molecule has 0 fully saturated rings. The number of rotatable bonds is 3. The molecular weight excluding hydrogens is 190 g/mol. The van der Waals surface area contributed by atoms with E-state index in [9.17, 15) is 0 Å². The van der Waals surface area contributed by atoms with Crippen LogP contribution in [0.3, 0.4) is 0 Å². The lowest BCUT2D eigenvalue weighted by Crippen LogP contribution is -2.12. The van der Waals surface area contributed by atoms with Crippen molar-refractivity contribution in [1.29, 1.82) is 0 Å². The molecule has 0 aromatic heterocycles. The molecule has 0 aliphatic carbocycles. The summed E-state index contributed by atoms with van der Waals surface area (Å²) >= 11 is 5.66. The molecule has 0 heterocycles. The second-order valence-corrected chi connectivity index (χ2v) is 2.75. The lowest BCUT2D eigenvalue weighted by molar-refractivity contribution is 0.258. The Kier molecular flexibility index (Phi) is 3.83. The number of halogens is 1. The molecule has 0 atom stereocenters. The van der Waals surface area contributed by atoms with Gasteiger partial charge in [-0.3, -0.25) is 0 Å². The number of hydrogen-bond acceptors (Lipinski definition) is 3. The van der Waals surface area contributed by atoms with Crippen LogP contribution in [0.4, 0.5) is 0 Å². The first-order valence-electron chi connectivity index (χ1n) is 3.62. The highest BCUT2D eigenvalue weighted by atomic mass is 35.5. The van der Waals surface area contributed by atoms with Gasteiger partial charge in [0.05, 0.1) is 6.26 Å². The lowest BCUT2D eigenvalue weighted by Gasteiger charge is -1.96. The van der Waals surface area contributed by atoms with Gasteiger partial charge in [0.25, 0.3) is 0 Å². The van der Waals surface area contributed by atoms with E-state index in [0.717, 1.165) is 5.56 Å². The summed E-state index contributed by atoms with van der Waals surface area (Å²) in [5.74, 6) is 0. The van der Waals surface area contributed by atoms with Crippen molar-refractivity contribution in [2.75, 3.05) is 0 Å². The summed E-state index contributed by atoms with van der Waals surface area (Å²) in [6.07, 6.45) is 2.80. The molecule has 0 saturated carbocycles. The molecule has 0 saturated heterocycles. The van der Waals surface area contributed by atoms with Crippen molar-refractivity contribution >= 4 is 25.0 Å². The third kappa shape index (κ3) is 3.98. The molecule has 1 aromatic rings. The molecule has 0 amide bonds. The van der Waals surface area contributed by atoms with Gasteiger partial charge in [-0.05, 0) is 23.8 Å². The molecule has 0 spiro atoms. The van der Waals surface area contributed by atoms with Crippen LogP contribution in [-0.4, -0.2) is 17.4 Å². The van der Waals surface area contributed by atoms with Crippen molar-refractivity contribution in [3.05, 3.63) is 41.1 Å². The van der Waals surface area contributed by atoms with Crippen molar-refractivity contribution in [3.8, 4) is 0 Å². The zero-order valence-electron chi connectivity index (χ0n) is 6.72. The molecule has 0 radical (unpaired) electrons. The maximum Gasteiger partial charge on any atom is 0.707 e. The van der Waals surface area contributed by atoms with Gasteiger partial charge in [0, 0.05) is 5.02 Å². The van der Waals surface area contributed by atoms with Crippen molar-refractivity contribution in [2.45, 2.75) is 0 Å². The predicted molar refractivity (Wildman–Crippen MR) is 51.8 cm³/mol. The fourth-order valence-electron chi connectivity index (χ4n) is 0.762. The Morgan fingerprint density at radius 1 is 1.23 bits per heavy atom. The van der Waals surface area contributed by atoms with Crippen LogP contribution in [0.25, 0.3) is 6.08 Å². The summed E-state index contributed by atoms with van der Waals surface area (Å²) in [5, 5.41) is 17.3. The van der Waals surface area contributed by atoms with Crippen LogP contribution >= 0.6 is 11.6 Å². The van der Waals surface area contributed by atoms with Crippen LogP contribution in [0.5, 0.6) is 0 Å². The summed E-state index contributed by atoms with van der Waals surface area (Å²) in [7, 11) is -1.77. The highest BCUT2D eigenvalue weighted by molar-refractivity contribution is 6.33. The van der Waals surface area contributed by atoms with Gasteiger partial charge in [0.15, 0.2) is 0 Å². The van der Waals surface area contributed by atoms with Crippen LogP contribution in [0.1, 0.15) is 5.56 Å². The minimum Gasteiger partial charge on any atom is -0.518 e. The van der Waals surface area contributed by atoms with E-state index in [4.69, 9.17) is 21.6 Å². The first kappa shape index (κ1) is 10.1. The fraction of sp³-hybridized carbons (Fsp3) is 0. The van der Waals surface area contributed by atoms with Crippen LogP contribution in [-0.2, 0) is 4.65 Å². The van der Waals surface area contributed by atoms with Gasteiger partial charge >= 0.3 is 7.32 Å². The van der Waals surface area contributed by atoms with E-state index in [-0.39, 0.29) is 0 Å². The minimum absolute atomic E-state index is 0.653. The molecule has 2 N–H and O–H groups in total. The van der Waals surface area contributed by atoms with E-state index < -0.39 is 7.32 Å². The Morgan fingerprint density at radius 2 is 1.85 bits per heavy atom. The normalized spacial score (nSPS) is 10.4. The van der Waals surface area contributed by atoms with E-state index in [2.05, 4.69) is 4.65 Å². The number of hydrogen-bond donors (Lipinski definition) is 2. The Labute approximate surface area is 81.4 Å². The summed E-state index contributed by atoms with van der Waals surface area (Å²) in [4.78, 5) is 0. The van der Waals surface area contributed by atoms with Crippen molar-refractivity contribution < 1.29 is 14.7 Å². The van der Waals surface area contributed by atoms with E-state index in [0.29, 0.717) is 5.02 Å². The average molecular weight is 198 g/mol.